The summed E-state index contributed by atoms with van der Waals surface area (Å²) in [7, 11) is 0. The molecule has 4 heteroatoms. The van der Waals surface area contributed by atoms with Crippen molar-refractivity contribution in [3.8, 4) is 0 Å². The fourth-order valence-corrected chi connectivity index (χ4v) is 1.03. The lowest BCUT2D eigenvalue weighted by Gasteiger charge is -2.12. The van der Waals surface area contributed by atoms with Crippen LogP contribution in [0.25, 0.3) is 0 Å². The first-order chi connectivity index (χ1) is 5.63. The van der Waals surface area contributed by atoms with Gasteiger partial charge in [-0.3, -0.25) is 9.59 Å². The van der Waals surface area contributed by atoms with Crippen LogP contribution in [-0.4, -0.2) is 18.2 Å². The number of dihydropyridines is 1. The van der Waals surface area contributed by atoms with Gasteiger partial charge in [0, 0.05) is 12.1 Å². The smallest absolute Gasteiger partial charge is 0.265 e. The molecule has 1 heterocycles. The summed E-state index contributed by atoms with van der Waals surface area (Å²) in [6.45, 7) is 1.94. The van der Waals surface area contributed by atoms with Crippen LogP contribution in [0.4, 0.5) is 0 Å². The number of nitrogens with two attached hydrogens (primary N) is 1. The van der Waals surface area contributed by atoms with Crippen LogP contribution < -0.4 is 11.1 Å². The Kier molecular flexibility index (Phi) is 2.28. The van der Waals surface area contributed by atoms with Gasteiger partial charge in [-0.2, -0.15) is 0 Å². The number of rotatable bonds is 2. The van der Waals surface area contributed by atoms with Gasteiger partial charge in [-0.25, -0.2) is 0 Å². The van der Waals surface area contributed by atoms with Gasteiger partial charge in [-0.05, 0) is 6.92 Å². The van der Waals surface area contributed by atoms with Gasteiger partial charge in [-0.1, -0.05) is 12.2 Å². The highest BCUT2D eigenvalue weighted by Gasteiger charge is 2.15. The molecule has 4 nitrogen and oxygen atoms in total. The fraction of sp³-hybridized carbons (Fsp3) is 0.250. The molecule has 0 atom stereocenters. The quantitative estimate of drug-likeness (QED) is 0.579. The Labute approximate surface area is 70.1 Å². The predicted molar refractivity (Wildman–Crippen MR) is 44.0 cm³/mol. The summed E-state index contributed by atoms with van der Waals surface area (Å²) in [5.41, 5.74) is 5.62. The zero-order valence-corrected chi connectivity index (χ0v) is 6.76. The Hall–Kier alpha value is -1.58. The van der Waals surface area contributed by atoms with E-state index in [-0.39, 0.29) is 11.5 Å². The molecule has 1 aliphatic rings. The van der Waals surface area contributed by atoms with Crippen LogP contribution in [0, 0.1) is 0 Å². The highest BCUT2D eigenvalue weighted by Crippen LogP contribution is 2.08. The van der Waals surface area contributed by atoms with Crippen molar-refractivity contribution in [3.63, 3.8) is 0 Å². The number of nitrogens with one attached hydrogen (secondary N) is 1. The van der Waals surface area contributed by atoms with E-state index in [1.807, 2.05) is 0 Å². The number of hydrogen-bond acceptors (Lipinski definition) is 3. The second kappa shape index (κ2) is 3.21. The molecule has 0 bridgehead atoms. The van der Waals surface area contributed by atoms with Gasteiger partial charge in [0.25, 0.3) is 5.91 Å². The monoisotopic (exact) mass is 166 g/mol. The predicted octanol–water partition coefficient (Wildman–Crippen LogP) is -0.526. The van der Waals surface area contributed by atoms with Crippen molar-refractivity contribution >= 4 is 11.7 Å². The van der Waals surface area contributed by atoms with Crippen LogP contribution in [0.2, 0.25) is 0 Å². The van der Waals surface area contributed by atoms with Crippen LogP contribution in [0.15, 0.2) is 23.4 Å². The lowest BCUT2D eigenvalue weighted by Crippen LogP contribution is -2.31. The van der Waals surface area contributed by atoms with Crippen LogP contribution >= 0.6 is 0 Å². The summed E-state index contributed by atoms with van der Waals surface area (Å²) in [6.07, 6.45) is 3.38. The van der Waals surface area contributed by atoms with E-state index in [9.17, 15) is 9.59 Å². The maximum atomic E-state index is 11.0. The normalized spacial score (nSPS) is 15.8. The third kappa shape index (κ3) is 1.53. The Bertz CT molecular complexity index is 289. The second-order valence-electron chi connectivity index (χ2n) is 2.49. The maximum Gasteiger partial charge on any atom is 0.265 e. The summed E-state index contributed by atoms with van der Waals surface area (Å²) in [5.74, 6) is -0.753. The minimum atomic E-state index is -0.593. The molecule has 0 spiro atoms. The molecular weight excluding hydrogens is 156 g/mol. The van der Waals surface area contributed by atoms with Crippen molar-refractivity contribution in [2.75, 3.05) is 6.54 Å². The van der Waals surface area contributed by atoms with Crippen molar-refractivity contribution in [3.05, 3.63) is 23.4 Å². The molecule has 0 saturated heterocycles. The van der Waals surface area contributed by atoms with E-state index in [1.165, 1.54) is 6.92 Å². The van der Waals surface area contributed by atoms with Gasteiger partial charge < -0.3 is 11.1 Å². The van der Waals surface area contributed by atoms with Crippen molar-refractivity contribution < 1.29 is 9.59 Å². The van der Waals surface area contributed by atoms with Gasteiger partial charge in [-0.15, -0.1) is 0 Å². The molecule has 1 rings (SSSR count). The summed E-state index contributed by atoms with van der Waals surface area (Å²) in [5, 5.41) is 2.75. The van der Waals surface area contributed by atoms with Gasteiger partial charge in [0.2, 0.25) is 0 Å². The molecule has 0 aromatic carbocycles. The standard InChI is InChI=1S/C8H10N2O2/c1-5(11)6-3-2-4-10-7(6)8(9)12/h2-3,10H,4H2,1H3,(H2,9,12). The second-order valence-corrected chi connectivity index (χ2v) is 2.49. The lowest BCUT2D eigenvalue weighted by molar-refractivity contribution is -0.116. The molecule has 0 aromatic rings. The first-order valence-electron chi connectivity index (χ1n) is 3.58. The van der Waals surface area contributed by atoms with Crippen LogP contribution in [-0.2, 0) is 9.59 Å². The number of carbonyl (C=O) groups excluding carboxylic acids is 2. The highest BCUT2D eigenvalue weighted by atomic mass is 16.1. The zero-order valence-electron chi connectivity index (χ0n) is 6.76. The molecule has 1 amide bonds. The van der Waals surface area contributed by atoms with Crippen molar-refractivity contribution in [1.82, 2.24) is 5.32 Å². The first kappa shape index (κ1) is 8.52. The molecule has 0 unspecified atom stereocenters. The van der Waals surface area contributed by atoms with Gasteiger partial charge >= 0.3 is 0 Å². The SMILES string of the molecule is CC(=O)C1=C(C(N)=O)NCC=C1. The molecular formula is C8H10N2O2. The van der Waals surface area contributed by atoms with Crippen molar-refractivity contribution in [1.29, 1.82) is 0 Å². The van der Waals surface area contributed by atoms with E-state index in [0.29, 0.717) is 12.1 Å². The highest BCUT2D eigenvalue weighted by molar-refractivity contribution is 6.05. The van der Waals surface area contributed by atoms with Crippen LogP contribution in [0.3, 0.4) is 0 Å². The van der Waals surface area contributed by atoms with Gasteiger partial charge in [0.05, 0.1) is 0 Å². The molecule has 3 N–H and O–H groups in total. The minimum Gasteiger partial charge on any atom is -0.377 e. The molecule has 1 aliphatic heterocycles. The fourth-order valence-electron chi connectivity index (χ4n) is 1.03. The summed E-state index contributed by atoms with van der Waals surface area (Å²) < 4.78 is 0. The lowest BCUT2D eigenvalue weighted by atomic mass is 10.1. The molecule has 0 saturated carbocycles. The Balaban J connectivity index is 3.08. The number of allylic oxidation sites excluding steroid dienone is 2. The molecule has 0 fully saturated rings. The van der Waals surface area contributed by atoms with E-state index >= 15 is 0 Å². The third-order valence-electron chi connectivity index (χ3n) is 1.58. The molecule has 12 heavy (non-hydrogen) atoms. The number of carbonyl (C=O) groups is 2. The molecule has 0 radical (unpaired) electrons. The van der Waals surface area contributed by atoms with E-state index in [2.05, 4.69) is 5.32 Å². The average molecular weight is 166 g/mol. The first-order valence-corrected chi connectivity index (χ1v) is 3.58. The van der Waals surface area contributed by atoms with E-state index in [0.717, 1.165) is 0 Å². The van der Waals surface area contributed by atoms with E-state index < -0.39 is 5.91 Å². The zero-order chi connectivity index (χ0) is 9.14. The Morgan fingerprint density at radius 2 is 2.25 bits per heavy atom. The number of primary amides is 1. The van der Waals surface area contributed by atoms with Crippen LogP contribution in [0.1, 0.15) is 6.92 Å². The maximum absolute atomic E-state index is 11.0. The third-order valence-corrected chi connectivity index (χ3v) is 1.58. The average Bonchev–Trinajstić information content (AvgIpc) is 2.04. The number of ketones is 1. The largest absolute Gasteiger partial charge is 0.377 e. The molecule has 0 aromatic heterocycles. The summed E-state index contributed by atoms with van der Waals surface area (Å²) in [4.78, 5) is 21.7. The topological polar surface area (TPSA) is 72.2 Å². The number of Topliss-reactive ketones (excluding diaryl/α,β-unsaturated/α-hetero) is 1. The number of amides is 1. The van der Waals surface area contributed by atoms with Crippen molar-refractivity contribution in [2.24, 2.45) is 5.73 Å². The van der Waals surface area contributed by atoms with Crippen molar-refractivity contribution in [2.45, 2.75) is 6.92 Å². The number of hydrogen-bond donors (Lipinski definition) is 2. The van der Waals surface area contributed by atoms with Crippen LogP contribution in [0.5, 0.6) is 0 Å². The molecule has 0 aliphatic carbocycles. The minimum absolute atomic E-state index is 0.160. The summed E-state index contributed by atoms with van der Waals surface area (Å²) >= 11 is 0. The molecule has 64 valence electrons. The summed E-state index contributed by atoms with van der Waals surface area (Å²) in [6, 6.07) is 0. The van der Waals surface area contributed by atoms with E-state index in [4.69, 9.17) is 5.73 Å². The Morgan fingerprint density at radius 1 is 1.58 bits per heavy atom. The Morgan fingerprint density at radius 3 is 2.67 bits per heavy atom. The van der Waals surface area contributed by atoms with Gasteiger partial charge in [0.15, 0.2) is 5.78 Å². The van der Waals surface area contributed by atoms with Gasteiger partial charge in [0.1, 0.15) is 5.70 Å². The van der Waals surface area contributed by atoms with E-state index in [1.54, 1.807) is 12.2 Å².